The van der Waals surface area contributed by atoms with Gasteiger partial charge in [-0.05, 0) is 47.4 Å². The number of thiophene rings is 1. The number of esters is 1. The zero-order chi connectivity index (χ0) is 23.3. The number of carbonyl (C=O) groups is 3. The van der Waals surface area contributed by atoms with Gasteiger partial charge in [0.2, 0.25) is 5.91 Å². The van der Waals surface area contributed by atoms with Gasteiger partial charge in [0.1, 0.15) is 6.04 Å². The van der Waals surface area contributed by atoms with Gasteiger partial charge in [-0.3, -0.25) is 9.59 Å². The fourth-order valence-electron chi connectivity index (χ4n) is 4.13. The van der Waals surface area contributed by atoms with Gasteiger partial charge in [0.25, 0.3) is 5.91 Å². The summed E-state index contributed by atoms with van der Waals surface area (Å²) in [6.07, 6.45) is 2.43. The first-order valence-electron chi connectivity index (χ1n) is 10.7. The molecule has 0 aliphatic carbocycles. The van der Waals surface area contributed by atoms with E-state index in [-0.39, 0.29) is 17.7 Å². The van der Waals surface area contributed by atoms with E-state index in [1.807, 2.05) is 46.9 Å². The molecule has 2 aromatic rings. The van der Waals surface area contributed by atoms with Gasteiger partial charge in [-0.25, -0.2) is 4.79 Å². The SMILES string of the molecule is COC(=O)[C@H](CCSC)NC(=O)[C@H]1c2ccccc2C(=O)N(CC(C)C)[C@@H]1c1cccs1. The van der Waals surface area contributed by atoms with Crippen LogP contribution < -0.4 is 5.32 Å². The maximum absolute atomic E-state index is 13.7. The third-order valence-corrected chi connectivity index (χ3v) is 7.12. The first kappa shape index (κ1) is 24.3. The van der Waals surface area contributed by atoms with Crippen LogP contribution in [-0.4, -0.2) is 54.4 Å². The van der Waals surface area contributed by atoms with E-state index in [0.717, 1.165) is 4.88 Å². The Balaban J connectivity index is 2.06. The lowest BCUT2D eigenvalue weighted by molar-refractivity contribution is -0.145. The van der Waals surface area contributed by atoms with Crippen molar-refractivity contribution in [2.75, 3.05) is 25.7 Å². The second-order valence-electron chi connectivity index (χ2n) is 8.24. The minimum Gasteiger partial charge on any atom is -0.467 e. The minimum absolute atomic E-state index is 0.0661. The second-order valence-corrected chi connectivity index (χ2v) is 10.2. The van der Waals surface area contributed by atoms with Crippen molar-refractivity contribution in [2.45, 2.75) is 38.3 Å². The predicted molar refractivity (Wildman–Crippen MR) is 129 cm³/mol. The zero-order valence-corrected chi connectivity index (χ0v) is 20.5. The lowest BCUT2D eigenvalue weighted by Gasteiger charge is -2.42. The molecular weight excluding hydrogens is 444 g/mol. The monoisotopic (exact) mass is 474 g/mol. The first-order valence-corrected chi connectivity index (χ1v) is 13.0. The molecule has 0 spiro atoms. The quantitative estimate of drug-likeness (QED) is 0.554. The number of ether oxygens (including phenoxy) is 1. The molecule has 0 unspecified atom stereocenters. The van der Waals surface area contributed by atoms with E-state index in [2.05, 4.69) is 19.2 Å². The molecule has 1 aliphatic heterocycles. The molecule has 0 saturated carbocycles. The maximum Gasteiger partial charge on any atom is 0.328 e. The Labute approximate surface area is 197 Å². The van der Waals surface area contributed by atoms with Crippen LogP contribution in [0.4, 0.5) is 0 Å². The molecule has 0 bridgehead atoms. The molecule has 1 aromatic heterocycles. The summed E-state index contributed by atoms with van der Waals surface area (Å²) in [7, 11) is 1.33. The van der Waals surface area contributed by atoms with Crippen LogP contribution in [0.25, 0.3) is 0 Å². The van der Waals surface area contributed by atoms with Gasteiger partial charge >= 0.3 is 5.97 Å². The Morgan fingerprint density at radius 3 is 2.59 bits per heavy atom. The summed E-state index contributed by atoms with van der Waals surface area (Å²) in [5.41, 5.74) is 1.24. The number of nitrogens with one attached hydrogen (secondary N) is 1. The summed E-state index contributed by atoms with van der Waals surface area (Å²) < 4.78 is 4.93. The molecule has 2 heterocycles. The third-order valence-electron chi connectivity index (χ3n) is 5.53. The van der Waals surface area contributed by atoms with E-state index in [1.54, 1.807) is 17.8 Å². The van der Waals surface area contributed by atoms with Crippen molar-refractivity contribution >= 4 is 40.9 Å². The van der Waals surface area contributed by atoms with E-state index < -0.39 is 24.0 Å². The lowest BCUT2D eigenvalue weighted by atomic mass is 9.81. The van der Waals surface area contributed by atoms with Crippen molar-refractivity contribution in [3.63, 3.8) is 0 Å². The highest BCUT2D eigenvalue weighted by molar-refractivity contribution is 7.98. The molecule has 0 radical (unpaired) electrons. The van der Waals surface area contributed by atoms with Gasteiger partial charge in [0.05, 0.1) is 19.1 Å². The molecule has 1 aromatic carbocycles. The van der Waals surface area contributed by atoms with Gasteiger partial charge in [0.15, 0.2) is 0 Å². The minimum atomic E-state index is -0.729. The summed E-state index contributed by atoms with van der Waals surface area (Å²) in [6.45, 7) is 4.65. The highest BCUT2D eigenvalue weighted by Crippen LogP contribution is 2.44. The maximum atomic E-state index is 13.7. The number of amides is 2. The summed E-state index contributed by atoms with van der Waals surface area (Å²) in [6, 6.07) is 10.0. The number of hydrogen-bond acceptors (Lipinski definition) is 6. The Hall–Kier alpha value is -2.32. The summed E-state index contributed by atoms with van der Waals surface area (Å²) in [5.74, 6) is -0.466. The average molecular weight is 475 g/mol. The summed E-state index contributed by atoms with van der Waals surface area (Å²) in [5, 5.41) is 4.89. The van der Waals surface area contributed by atoms with Crippen LogP contribution in [0, 0.1) is 5.92 Å². The highest BCUT2D eigenvalue weighted by atomic mass is 32.2. The third kappa shape index (κ3) is 5.18. The van der Waals surface area contributed by atoms with Crippen LogP contribution in [0.5, 0.6) is 0 Å². The van der Waals surface area contributed by atoms with Gasteiger partial charge in [0, 0.05) is 17.0 Å². The predicted octanol–water partition coefficient (Wildman–Crippen LogP) is 4.10. The second kappa shape index (κ2) is 11.0. The molecule has 3 atom stereocenters. The van der Waals surface area contributed by atoms with Crippen molar-refractivity contribution in [3.8, 4) is 0 Å². The zero-order valence-electron chi connectivity index (χ0n) is 18.9. The van der Waals surface area contributed by atoms with Gasteiger partial charge < -0.3 is 15.0 Å². The van der Waals surface area contributed by atoms with Crippen molar-refractivity contribution in [2.24, 2.45) is 5.92 Å². The number of nitrogens with zero attached hydrogens (tertiary/aromatic N) is 1. The van der Waals surface area contributed by atoms with Crippen molar-refractivity contribution in [1.29, 1.82) is 0 Å². The van der Waals surface area contributed by atoms with E-state index in [0.29, 0.717) is 29.8 Å². The molecular formula is C24H30N2O4S2. The summed E-state index contributed by atoms with van der Waals surface area (Å²) >= 11 is 3.14. The van der Waals surface area contributed by atoms with Gasteiger partial charge in [-0.1, -0.05) is 38.1 Å². The van der Waals surface area contributed by atoms with Crippen LogP contribution in [0.1, 0.15) is 53.0 Å². The van der Waals surface area contributed by atoms with E-state index in [1.165, 1.54) is 18.4 Å². The Morgan fingerprint density at radius 2 is 1.97 bits per heavy atom. The normalized spacial score (nSPS) is 18.9. The van der Waals surface area contributed by atoms with Gasteiger partial charge in [-0.15, -0.1) is 11.3 Å². The highest BCUT2D eigenvalue weighted by Gasteiger charge is 2.45. The molecule has 32 heavy (non-hydrogen) atoms. The van der Waals surface area contributed by atoms with Crippen LogP contribution in [-0.2, 0) is 14.3 Å². The van der Waals surface area contributed by atoms with E-state index in [4.69, 9.17) is 4.74 Å². The number of carbonyl (C=O) groups excluding carboxylic acids is 3. The molecule has 1 N–H and O–H groups in total. The standard InChI is InChI=1S/C24H30N2O4S2/c1-15(2)14-26-21(19-10-7-12-32-19)20(16-8-5-6-9-17(16)23(26)28)22(27)25-18(11-13-31-4)24(29)30-3/h5-10,12,15,18,20-21H,11,13-14H2,1-4H3,(H,25,27)/t18-,20-,21+/m0/s1. The summed E-state index contributed by atoms with van der Waals surface area (Å²) in [4.78, 5) is 42.3. The lowest BCUT2D eigenvalue weighted by Crippen LogP contribution is -2.51. The number of benzene rings is 1. The number of hydrogen-bond donors (Lipinski definition) is 1. The Kier molecular flexibility index (Phi) is 8.37. The Bertz CT molecular complexity index is 945. The smallest absolute Gasteiger partial charge is 0.328 e. The molecule has 172 valence electrons. The molecule has 1 aliphatic rings. The molecule has 3 rings (SSSR count). The number of thioether (sulfide) groups is 1. The number of rotatable bonds is 9. The van der Waals surface area contributed by atoms with Crippen molar-refractivity contribution < 1.29 is 19.1 Å². The van der Waals surface area contributed by atoms with Crippen LogP contribution >= 0.6 is 23.1 Å². The molecule has 0 fully saturated rings. The Morgan fingerprint density at radius 1 is 1.22 bits per heavy atom. The topological polar surface area (TPSA) is 75.7 Å². The molecule has 6 nitrogen and oxygen atoms in total. The van der Waals surface area contributed by atoms with Crippen molar-refractivity contribution in [1.82, 2.24) is 10.2 Å². The van der Waals surface area contributed by atoms with E-state index >= 15 is 0 Å². The largest absolute Gasteiger partial charge is 0.467 e. The average Bonchev–Trinajstić information content (AvgIpc) is 3.31. The molecule has 2 amide bonds. The van der Waals surface area contributed by atoms with Crippen LogP contribution in [0.2, 0.25) is 0 Å². The first-order chi connectivity index (χ1) is 15.4. The van der Waals surface area contributed by atoms with Crippen LogP contribution in [0.3, 0.4) is 0 Å². The number of methoxy groups -OCH3 is 1. The molecule has 8 heteroatoms. The van der Waals surface area contributed by atoms with E-state index in [9.17, 15) is 14.4 Å². The molecule has 0 saturated heterocycles. The fraction of sp³-hybridized carbons (Fsp3) is 0.458. The van der Waals surface area contributed by atoms with Crippen molar-refractivity contribution in [3.05, 3.63) is 57.8 Å². The van der Waals surface area contributed by atoms with Gasteiger partial charge in [-0.2, -0.15) is 11.8 Å². The van der Waals surface area contributed by atoms with Crippen LogP contribution in [0.15, 0.2) is 41.8 Å². The fourth-order valence-corrected chi connectivity index (χ4v) is 5.48. The number of fused-ring (bicyclic) bond motifs is 1.